The molecule has 1 rings (SSSR count). The zero-order valence-electron chi connectivity index (χ0n) is 9.05. The van der Waals surface area contributed by atoms with Crippen LogP contribution < -0.4 is 4.74 Å². The average molecular weight is 259 g/mol. The molecule has 0 atom stereocenters. The van der Waals surface area contributed by atoms with Gasteiger partial charge in [-0.1, -0.05) is 0 Å². The molecule has 0 aliphatic rings. The number of hydrogen-bond acceptors (Lipinski definition) is 5. The van der Waals surface area contributed by atoms with Gasteiger partial charge in [-0.05, 0) is 6.92 Å². The van der Waals surface area contributed by atoms with E-state index in [-0.39, 0.29) is 11.8 Å². The van der Waals surface area contributed by atoms with E-state index in [1.807, 2.05) is 0 Å². The highest BCUT2D eigenvalue weighted by Crippen LogP contribution is 2.29. The first-order valence-corrected chi connectivity index (χ1v) is 4.60. The molecular formula is C10H7F2NO5. The smallest absolute Gasteiger partial charge is 0.387 e. The number of hydrogen-bond donors (Lipinski definition) is 0. The number of alkyl halides is 2. The fourth-order valence-corrected chi connectivity index (χ4v) is 1.39. The molecule has 0 unspecified atom stereocenters. The van der Waals surface area contributed by atoms with E-state index in [1.165, 1.54) is 0 Å². The second kappa shape index (κ2) is 5.30. The SMILES string of the molecule is CC(=O)c1c(C=O)cc([N+](=O)[O-])cc1OC(F)F. The number of nitro benzene ring substituents is 1. The van der Waals surface area contributed by atoms with Gasteiger partial charge in [0.25, 0.3) is 5.69 Å². The van der Waals surface area contributed by atoms with Crippen molar-refractivity contribution in [2.75, 3.05) is 0 Å². The van der Waals surface area contributed by atoms with E-state index in [0.717, 1.165) is 13.0 Å². The van der Waals surface area contributed by atoms with Gasteiger partial charge >= 0.3 is 6.61 Å². The number of aldehydes is 1. The van der Waals surface area contributed by atoms with E-state index in [2.05, 4.69) is 4.74 Å². The number of carbonyl (C=O) groups is 2. The number of non-ortho nitro benzene ring substituents is 1. The van der Waals surface area contributed by atoms with Crippen LogP contribution in [0.1, 0.15) is 27.6 Å². The molecule has 8 heteroatoms. The number of Topliss-reactive ketones (excluding diaryl/α,β-unsaturated/α-hetero) is 1. The fraction of sp³-hybridized carbons (Fsp3) is 0.200. The third-order valence-electron chi connectivity index (χ3n) is 2.02. The predicted octanol–water partition coefficient (Wildman–Crippen LogP) is 2.21. The molecule has 0 aliphatic heterocycles. The maximum Gasteiger partial charge on any atom is 0.387 e. The van der Waals surface area contributed by atoms with E-state index < -0.39 is 34.3 Å². The largest absolute Gasteiger partial charge is 0.434 e. The summed E-state index contributed by atoms with van der Waals surface area (Å²) < 4.78 is 28.3. The standard InChI is InChI=1S/C10H7F2NO5/c1-5(15)9-6(4-14)2-7(13(16)17)3-8(9)18-10(11)12/h2-4,10H,1H3. The molecule has 1 aromatic rings. The maximum absolute atomic E-state index is 12.1. The van der Waals surface area contributed by atoms with E-state index in [0.29, 0.717) is 6.07 Å². The quantitative estimate of drug-likeness (QED) is 0.350. The number of carbonyl (C=O) groups excluding carboxylic acids is 2. The summed E-state index contributed by atoms with van der Waals surface area (Å²) >= 11 is 0. The summed E-state index contributed by atoms with van der Waals surface area (Å²) in [6.45, 7) is -2.23. The number of ether oxygens (including phenoxy) is 1. The van der Waals surface area contributed by atoms with Crippen molar-refractivity contribution in [2.24, 2.45) is 0 Å². The van der Waals surface area contributed by atoms with Crippen LogP contribution in [0.3, 0.4) is 0 Å². The molecule has 1 aromatic carbocycles. The highest BCUT2D eigenvalue weighted by atomic mass is 19.3. The van der Waals surface area contributed by atoms with Crippen molar-refractivity contribution in [1.29, 1.82) is 0 Å². The Morgan fingerprint density at radius 2 is 2.11 bits per heavy atom. The molecule has 18 heavy (non-hydrogen) atoms. The second-order valence-corrected chi connectivity index (χ2v) is 3.22. The van der Waals surface area contributed by atoms with E-state index in [4.69, 9.17) is 0 Å². The number of nitro groups is 1. The van der Waals surface area contributed by atoms with Gasteiger partial charge in [0.2, 0.25) is 0 Å². The molecule has 0 N–H and O–H groups in total. The number of benzene rings is 1. The number of halogens is 2. The molecule has 0 aliphatic carbocycles. The predicted molar refractivity (Wildman–Crippen MR) is 55.1 cm³/mol. The molecule has 0 heterocycles. The van der Waals surface area contributed by atoms with Crippen LogP contribution in [0.5, 0.6) is 5.75 Å². The zero-order valence-corrected chi connectivity index (χ0v) is 9.05. The van der Waals surface area contributed by atoms with Crippen LogP contribution in [0, 0.1) is 10.1 Å². The van der Waals surface area contributed by atoms with E-state index in [1.54, 1.807) is 0 Å². The van der Waals surface area contributed by atoms with Gasteiger partial charge in [0.1, 0.15) is 5.75 Å². The summed E-state index contributed by atoms with van der Waals surface area (Å²) in [5.41, 5.74) is -1.39. The van der Waals surface area contributed by atoms with Gasteiger partial charge in [-0.3, -0.25) is 19.7 Å². The fourth-order valence-electron chi connectivity index (χ4n) is 1.39. The Balaban J connectivity index is 3.50. The van der Waals surface area contributed by atoms with Crippen LogP contribution >= 0.6 is 0 Å². The summed E-state index contributed by atoms with van der Waals surface area (Å²) in [4.78, 5) is 31.7. The van der Waals surface area contributed by atoms with Gasteiger partial charge in [0.15, 0.2) is 12.1 Å². The lowest BCUT2D eigenvalue weighted by Crippen LogP contribution is -2.09. The Morgan fingerprint density at radius 1 is 1.50 bits per heavy atom. The molecule has 0 bridgehead atoms. The molecule has 0 saturated heterocycles. The first-order chi connectivity index (χ1) is 8.36. The van der Waals surface area contributed by atoms with Crippen molar-refractivity contribution in [2.45, 2.75) is 13.5 Å². The lowest BCUT2D eigenvalue weighted by Gasteiger charge is -2.10. The van der Waals surface area contributed by atoms with Gasteiger partial charge in [0, 0.05) is 11.6 Å². The van der Waals surface area contributed by atoms with E-state index >= 15 is 0 Å². The third-order valence-corrected chi connectivity index (χ3v) is 2.02. The molecule has 6 nitrogen and oxygen atoms in total. The topological polar surface area (TPSA) is 86.5 Å². The van der Waals surface area contributed by atoms with Crippen molar-refractivity contribution in [1.82, 2.24) is 0 Å². The monoisotopic (exact) mass is 259 g/mol. The lowest BCUT2D eigenvalue weighted by atomic mass is 10.0. The molecule has 0 radical (unpaired) electrons. The molecule has 0 aromatic heterocycles. The van der Waals surface area contributed by atoms with Gasteiger partial charge in [-0.15, -0.1) is 0 Å². The summed E-state index contributed by atoms with van der Waals surface area (Å²) in [6.07, 6.45) is 0.169. The molecule has 0 spiro atoms. The summed E-state index contributed by atoms with van der Waals surface area (Å²) in [5, 5.41) is 10.5. The number of ketones is 1. The minimum Gasteiger partial charge on any atom is -0.434 e. The van der Waals surface area contributed by atoms with Crippen LogP contribution in [0.25, 0.3) is 0 Å². The van der Waals surface area contributed by atoms with Gasteiger partial charge in [-0.2, -0.15) is 8.78 Å². The van der Waals surface area contributed by atoms with Crippen LogP contribution in [0.15, 0.2) is 12.1 Å². The Kier molecular flexibility index (Phi) is 4.03. The Labute approximate surface area is 99.3 Å². The summed E-state index contributed by atoms with van der Waals surface area (Å²) in [6, 6.07) is 1.50. The summed E-state index contributed by atoms with van der Waals surface area (Å²) in [7, 11) is 0. The first-order valence-electron chi connectivity index (χ1n) is 4.60. The highest BCUT2D eigenvalue weighted by molar-refractivity contribution is 6.04. The van der Waals surface area contributed by atoms with Crippen molar-refractivity contribution in [3.8, 4) is 5.75 Å². The zero-order chi connectivity index (χ0) is 13.9. The Hall–Kier alpha value is -2.38. The Morgan fingerprint density at radius 3 is 2.50 bits per heavy atom. The van der Waals surface area contributed by atoms with Gasteiger partial charge in [0.05, 0.1) is 16.6 Å². The van der Waals surface area contributed by atoms with Gasteiger partial charge < -0.3 is 4.74 Å². The molecular weight excluding hydrogens is 252 g/mol. The molecule has 0 saturated carbocycles. The summed E-state index contributed by atoms with van der Waals surface area (Å²) in [5.74, 6) is -1.39. The van der Waals surface area contributed by atoms with Crippen molar-refractivity contribution >= 4 is 17.8 Å². The molecule has 96 valence electrons. The average Bonchev–Trinajstić information content (AvgIpc) is 2.26. The van der Waals surface area contributed by atoms with Crippen molar-refractivity contribution in [3.05, 3.63) is 33.4 Å². The van der Waals surface area contributed by atoms with Crippen LogP contribution in [-0.4, -0.2) is 23.6 Å². The van der Waals surface area contributed by atoms with Crippen LogP contribution in [0.4, 0.5) is 14.5 Å². The lowest BCUT2D eigenvalue weighted by molar-refractivity contribution is -0.385. The minimum atomic E-state index is -3.26. The van der Waals surface area contributed by atoms with Crippen LogP contribution in [0.2, 0.25) is 0 Å². The second-order valence-electron chi connectivity index (χ2n) is 3.22. The first kappa shape index (κ1) is 13.7. The number of rotatable bonds is 5. The minimum absolute atomic E-state index is 0.169. The maximum atomic E-state index is 12.1. The normalized spacial score (nSPS) is 10.2. The number of nitrogens with zero attached hydrogens (tertiary/aromatic N) is 1. The highest BCUT2D eigenvalue weighted by Gasteiger charge is 2.22. The molecule has 0 amide bonds. The Bertz CT molecular complexity index is 515. The third kappa shape index (κ3) is 2.84. The van der Waals surface area contributed by atoms with Crippen LogP contribution in [-0.2, 0) is 0 Å². The van der Waals surface area contributed by atoms with Crippen molar-refractivity contribution in [3.63, 3.8) is 0 Å². The van der Waals surface area contributed by atoms with Crippen molar-refractivity contribution < 1.29 is 28.0 Å². The van der Waals surface area contributed by atoms with Gasteiger partial charge in [-0.25, -0.2) is 0 Å². The van der Waals surface area contributed by atoms with E-state index in [9.17, 15) is 28.5 Å². The molecule has 0 fully saturated rings.